The summed E-state index contributed by atoms with van der Waals surface area (Å²) in [6.07, 6.45) is 2.14. The predicted octanol–water partition coefficient (Wildman–Crippen LogP) is 3.03. The lowest BCUT2D eigenvalue weighted by atomic mass is 10.2. The second kappa shape index (κ2) is 7.79. The minimum Gasteiger partial charge on any atom is -0.497 e. The SMILES string of the molecule is COc1ccc(CN(C(=O)CSc2nc3nc(C)cc(C)n3n2)C2CC2)cc1. The van der Waals surface area contributed by atoms with Crippen molar-refractivity contribution in [1.82, 2.24) is 24.5 Å². The summed E-state index contributed by atoms with van der Waals surface area (Å²) in [7, 11) is 1.65. The quantitative estimate of drug-likeness (QED) is 0.571. The second-order valence-electron chi connectivity index (χ2n) is 7.03. The molecule has 0 N–H and O–H groups in total. The molecular weight excluding hydrogens is 374 g/mol. The van der Waals surface area contributed by atoms with Gasteiger partial charge in [0.15, 0.2) is 0 Å². The van der Waals surface area contributed by atoms with E-state index >= 15 is 0 Å². The number of thioether (sulfide) groups is 1. The van der Waals surface area contributed by atoms with Crippen LogP contribution in [0.1, 0.15) is 29.8 Å². The number of rotatable bonds is 7. The molecule has 3 aromatic rings. The lowest BCUT2D eigenvalue weighted by molar-refractivity contribution is -0.129. The molecule has 1 fully saturated rings. The zero-order chi connectivity index (χ0) is 19.7. The molecule has 7 nitrogen and oxygen atoms in total. The number of fused-ring (bicyclic) bond motifs is 1. The van der Waals surface area contributed by atoms with Crippen LogP contribution in [0.15, 0.2) is 35.5 Å². The lowest BCUT2D eigenvalue weighted by Gasteiger charge is -2.22. The van der Waals surface area contributed by atoms with Crippen molar-refractivity contribution in [3.05, 3.63) is 47.3 Å². The Hall–Kier alpha value is -2.61. The average Bonchev–Trinajstić information content (AvgIpc) is 3.44. The third kappa shape index (κ3) is 4.11. The minimum atomic E-state index is 0.114. The van der Waals surface area contributed by atoms with E-state index in [2.05, 4.69) is 15.1 Å². The van der Waals surface area contributed by atoms with E-state index in [4.69, 9.17) is 4.74 Å². The van der Waals surface area contributed by atoms with Gasteiger partial charge in [-0.1, -0.05) is 23.9 Å². The first kappa shape index (κ1) is 18.7. The monoisotopic (exact) mass is 397 g/mol. The molecule has 0 radical (unpaired) electrons. The molecule has 2 aromatic heterocycles. The highest BCUT2D eigenvalue weighted by molar-refractivity contribution is 7.99. The third-order valence-electron chi connectivity index (χ3n) is 4.74. The van der Waals surface area contributed by atoms with Crippen molar-refractivity contribution in [3.63, 3.8) is 0 Å². The number of aromatic nitrogens is 4. The average molecular weight is 398 g/mol. The molecule has 1 amide bonds. The molecule has 0 atom stereocenters. The summed E-state index contributed by atoms with van der Waals surface area (Å²) in [4.78, 5) is 23.7. The van der Waals surface area contributed by atoms with Crippen molar-refractivity contribution >= 4 is 23.4 Å². The fraction of sp³-hybridized carbons (Fsp3) is 0.400. The zero-order valence-corrected chi connectivity index (χ0v) is 17.1. The van der Waals surface area contributed by atoms with E-state index in [9.17, 15) is 4.79 Å². The van der Waals surface area contributed by atoms with Crippen molar-refractivity contribution in [1.29, 1.82) is 0 Å². The van der Waals surface area contributed by atoms with E-state index in [0.717, 1.165) is 35.5 Å². The van der Waals surface area contributed by atoms with Crippen molar-refractivity contribution in [3.8, 4) is 5.75 Å². The Morgan fingerprint density at radius 1 is 1.25 bits per heavy atom. The maximum Gasteiger partial charge on any atom is 0.253 e. The van der Waals surface area contributed by atoms with Crippen LogP contribution in [-0.2, 0) is 11.3 Å². The largest absolute Gasteiger partial charge is 0.497 e. The van der Waals surface area contributed by atoms with Gasteiger partial charge in [-0.2, -0.15) is 4.98 Å². The number of ether oxygens (including phenoxy) is 1. The van der Waals surface area contributed by atoms with Gasteiger partial charge in [-0.05, 0) is 50.5 Å². The number of aryl methyl sites for hydroxylation is 2. The van der Waals surface area contributed by atoms with Crippen molar-refractivity contribution in [2.45, 2.75) is 44.4 Å². The van der Waals surface area contributed by atoms with E-state index in [-0.39, 0.29) is 5.91 Å². The molecule has 0 aliphatic heterocycles. The highest BCUT2D eigenvalue weighted by Crippen LogP contribution is 2.30. The van der Waals surface area contributed by atoms with Gasteiger partial charge in [0.25, 0.3) is 5.78 Å². The van der Waals surface area contributed by atoms with Gasteiger partial charge in [0, 0.05) is 24.0 Å². The van der Waals surface area contributed by atoms with E-state index in [1.165, 1.54) is 11.8 Å². The molecular formula is C20H23N5O2S. The predicted molar refractivity (Wildman–Crippen MR) is 108 cm³/mol. The molecule has 8 heteroatoms. The van der Waals surface area contributed by atoms with Crippen LogP contribution in [-0.4, -0.2) is 49.3 Å². The minimum absolute atomic E-state index is 0.114. The Bertz CT molecular complexity index is 998. The fourth-order valence-electron chi connectivity index (χ4n) is 3.15. The Morgan fingerprint density at radius 3 is 2.68 bits per heavy atom. The van der Waals surface area contributed by atoms with Crippen LogP contribution >= 0.6 is 11.8 Å². The summed E-state index contributed by atoms with van der Waals surface area (Å²) in [6, 6.07) is 10.2. The Kier molecular flexibility index (Phi) is 5.21. The standard InChI is InChI=1S/C20H23N5O2S/c1-13-10-14(2)25-19(21-13)22-20(23-25)28-12-18(26)24(16-6-7-16)11-15-4-8-17(27-3)9-5-15/h4-5,8-10,16H,6-7,11-12H2,1-3H3. The number of nitrogens with zero attached hydrogens (tertiary/aromatic N) is 5. The summed E-state index contributed by atoms with van der Waals surface area (Å²) < 4.78 is 6.92. The highest BCUT2D eigenvalue weighted by Gasteiger charge is 2.32. The topological polar surface area (TPSA) is 72.6 Å². The number of methoxy groups -OCH3 is 1. The van der Waals surface area contributed by atoms with Crippen LogP contribution < -0.4 is 4.74 Å². The van der Waals surface area contributed by atoms with Crippen molar-refractivity contribution in [2.75, 3.05) is 12.9 Å². The van der Waals surface area contributed by atoms with E-state index in [1.807, 2.05) is 49.1 Å². The number of carbonyl (C=O) groups is 1. The van der Waals surface area contributed by atoms with Crippen LogP contribution in [0.3, 0.4) is 0 Å². The van der Waals surface area contributed by atoms with Gasteiger partial charge in [-0.25, -0.2) is 9.50 Å². The lowest BCUT2D eigenvalue weighted by Crippen LogP contribution is -2.34. The zero-order valence-electron chi connectivity index (χ0n) is 16.3. The number of amides is 1. The number of benzene rings is 1. The van der Waals surface area contributed by atoms with Crippen molar-refractivity contribution < 1.29 is 9.53 Å². The van der Waals surface area contributed by atoms with Gasteiger partial charge in [-0.15, -0.1) is 5.10 Å². The maximum atomic E-state index is 12.9. The molecule has 28 heavy (non-hydrogen) atoms. The highest BCUT2D eigenvalue weighted by atomic mass is 32.2. The Morgan fingerprint density at radius 2 is 2.00 bits per heavy atom. The van der Waals surface area contributed by atoms with Gasteiger partial charge in [0.2, 0.25) is 11.1 Å². The Labute approximate surface area is 168 Å². The van der Waals surface area contributed by atoms with Gasteiger partial charge in [0.1, 0.15) is 5.75 Å². The smallest absolute Gasteiger partial charge is 0.253 e. The number of hydrogen-bond acceptors (Lipinski definition) is 6. The Balaban J connectivity index is 1.42. The first-order valence-corrected chi connectivity index (χ1v) is 10.3. The summed E-state index contributed by atoms with van der Waals surface area (Å²) >= 11 is 1.36. The summed E-state index contributed by atoms with van der Waals surface area (Å²) in [5.41, 5.74) is 2.99. The third-order valence-corrected chi connectivity index (χ3v) is 5.57. The maximum absolute atomic E-state index is 12.9. The molecule has 2 heterocycles. The number of carbonyl (C=O) groups excluding carboxylic acids is 1. The molecule has 0 spiro atoms. The van der Waals surface area contributed by atoms with Crippen LogP contribution in [0.25, 0.3) is 5.78 Å². The molecule has 1 saturated carbocycles. The summed E-state index contributed by atoms with van der Waals surface area (Å²) in [6.45, 7) is 4.52. The molecule has 0 bridgehead atoms. The van der Waals surface area contributed by atoms with Crippen LogP contribution in [0.2, 0.25) is 0 Å². The van der Waals surface area contributed by atoms with Gasteiger partial charge in [-0.3, -0.25) is 4.79 Å². The van der Waals surface area contributed by atoms with E-state index < -0.39 is 0 Å². The van der Waals surface area contributed by atoms with Crippen LogP contribution in [0.5, 0.6) is 5.75 Å². The molecule has 1 aliphatic rings. The fourth-order valence-corrected chi connectivity index (χ4v) is 3.86. The molecule has 146 valence electrons. The van der Waals surface area contributed by atoms with Crippen LogP contribution in [0, 0.1) is 13.8 Å². The molecule has 0 unspecified atom stereocenters. The second-order valence-corrected chi connectivity index (χ2v) is 7.98. The number of hydrogen-bond donors (Lipinski definition) is 0. The molecule has 0 saturated heterocycles. The van der Waals surface area contributed by atoms with Crippen LogP contribution in [0.4, 0.5) is 0 Å². The van der Waals surface area contributed by atoms with Gasteiger partial charge < -0.3 is 9.64 Å². The first-order valence-electron chi connectivity index (χ1n) is 9.29. The van der Waals surface area contributed by atoms with Gasteiger partial charge >= 0.3 is 0 Å². The van der Waals surface area contributed by atoms with Crippen molar-refractivity contribution in [2.24, 2.45) is 0 Å². The molecule has 4 rings (SSSR count). The molecule has 1 aromatic carbocycles. The molecule has 1 aliphatic carbocycles. The normalized spacial score (nSPS) is 13.7. The first-order chi connectivity index (χ1) is 13.5. The van der Waals surface area contributed by atoms with E-state index in [1.54, 1.807) is 11.6 Å². The van der Waals surface area contributed by atoms with Gasteiger partial charge in [0.05, 0.1) is 12.9 Å². The summed E-state index contributed by atoms with van der Waals surface area (Å²) in [5, 5.41) is 5.05. The summed E-state index contributed by atoms with van der Waals surface area (Å²) in [5.74, 6) is 1.83. The van der Waals surface area contributed by atoms with E-state index in [0.29, 0.717) is 29.3 Å².